The molecule has 1 saturated heterocycles. The van der Waals surface area contributed by atoms with E-state index in [0.717, 1.165) is 13.0 Å². The Kier molecular flexibility index (Phi) is 2.85. The van der Waals surface area contributed by atoms with Gasteiger partial charge in [-0.05, 0) is 31.4 Å². The van der Waals surface area contributed by atoms with E-state index in [9.17, 15) is 5.11 Å². The van der Waals surface area contributed by atoms with Crippen molar-refractivity contribution in [2.75, 3.05) is 13.2 Å². The van der Waals surface area contributed by atoms with Crippen LogP contribution in [0.2, 0.25) is 0 Å². The Morgan fingerprint density at radius 1 is 1.21 bits per heavy atom. The highest BCUT2D eigenvalue weighted by Crippen LogP contribution is 2.29. The van der Waals surface area contributed by atoms with Gasteiger partial charge in [0.25, 0.3) is 0 Å². The second-order valence-electron chi connectivity index (χ2n) is 3.99. The third-order valence-electron chi connectivity index (χ3n) is 3.09. The number of hydrogen-bond donors (Lipinski definition) is 2. The van der Waals surface area contributed by atoms with Gasteiger partial charge in [-0.1, -0.05) is 30.3 Å². The average molecular weight is 191 g/mol. The number of piperidine rings is 1. The lowest BCUT2D eigenvalue weighted by Gasteiger charge is -2.37. The zero-order chi connectivity index (χ0) is 9.86. The van der Waals surface area contributed by atoms with Crippen LogP contribution in [0.5, 0.6) is 0 Å². The Balaban J connectivity index is 2.27. The molecule has 0 amide bonds. The van der Waals surface area contributed by atoms with Gasteiger partial charge in [-0.25, -0.2) is 0 Å². The molecule has 2 rings (SSSR count). The van der Waals surface area contributed by atoms with Gasteiger partial charge in [-0.15, -0.1) is 0 Å². The summed E-state index contributed by atoms with van der Waals surface area (Å²) in [6.45, 7) is 1.20. The highest BCUT2D eigenvalue weighted by atomic mass is 16.3. The van der Waals surface area contributed by atoms with Crippen molar-refractivity contribution in [1.29, 1.82) is 0 Å². The maximum absolute atomic E-state index is 9.53. The van der Waals surface area contributed by atoms with Gasteiger partial charge in [0.05, 0.1) is 12.1 Å². The third kappa shape index (κ3) is 1.68. The molecule has 0 aromatic heterocycles. The van der Waals surface area contributed by atoms with E-state index in [1.165, 1.54) is 18.4 Å². The van der Waals surface area contributed by atoms with E-state index in [0.29, 0.717) is 0 Å². The number of aliphatic hydroxyl groups excluding tert-OH is 1. The zero-order valence-electron chi connectivity index (χ0n) is 8.37. The Hall–Kier alpha value is -0.860. The Bertz CT molecular complexity index is 278. The molecule has 2 heteroatoms. The molecule has 2 nitrogen and oxygen atoms in total. The predicted molar refractivity (Wildman–Crippen MR) is 57.1 cm³/mol. The lowest BCUT2D eigenvalue weighted by Crippen LogP contribution is -2.48. The molecule has 0 unspecified atom stereocenters. The fourth-order valence-corrected chi connectivity index (χ4v) is 2.20. The van der Waals surface area contributed by atoms with Crippen molar-refractivity contribution in [1.82, 2.24) is 5.32 Å². The maximum atomic E-state index is 9.53. The minimum Gasteiger partial charge on any atom is -0.394 e. The molecule has 14 heavy (non-hydrogen) atoms. The van der Waals surface area contributed by atoms with Crippen LogP contribution in [0.15, 0.2) is 30.3 Å². The summed E-state index contributed by atoms with van der Waals surface area (Å²) in [5.41, 5.74) is 1.03. The number of aliphatic hydroxyl groups is 1. The molecule has 1 fully saturated rings. The average Bonchev–Trinajstić information content (AvgIpc) is 2.31. The molecule has 1 atom stereocenters. The Morgan fingerprint density at radius 3 is 2.57 bits per heavy atom. The lowest BCUT2D eigenvalue weighted by molar-refractivity contribution is 0.131. The zero-order valence-corrected chi connectivity index (χ0v) is 8.37. The van der Waals surface area contributed by atoms with Crippen LogP contribution in [0, 0.1) is 0 Å². The van der Waals surface area contributed by atoms with E-state index in [-0.39, 0.29) is 12.1 Å². The fraction of sp³-hybridized carbons (Fsp3) is 0.500. The van der Waals surface area contributed by atoms with E-state index in [4.69, 9.17) is 0 Å². The van der Waals surface area contributed by atoms with Crippen LogP contribution in [0.25, 0.3) is 0 Å². The summed E-state index contributed by atoms with van der Waals surface area (Å²) in [4.78, 5) is 0. The van der Waals surface area contributed by atoms with Crippen molar-refractivity contribution in [3.05, 3.63) is 35.9 Å². The molecule has 0 saturated carbocycles. The minimum absolute atomic E-state index is 0.181. The minimum atomic E-state index is -0.181. The Labute approximate surface area is 85.0 Å². The standard InChI is InChI=1S/C12H17NO/c14-10-12(8-4-5-9-13-12)11-6-2-1-3-7-11/h1-3,6-7,13-14H,4-5,8-10H2/t12-/m0/s1. The van der Waals surface area contributed by atoms with Crippen LogP contribution in [-0.2, 0) is 5.54 Å². The first-order chi connectivity index (χ1) is 6.87. The van der Waals surface area contributed by atoms with Gasteiger partial charge in [0.15, 0.2) is 0 Å². The summed E-state index contributed by atoms with van der Waals surface area (Å²) in [5, 5.41) is 13.0. The first-order valence-electron chi connectivity index (χ1n) is 5.29. The van der Waals surface area contributed by atoms with Crippen molar-refractivity contribution in [3.8, 4) is 0 Å². The molecule has 1 aromatic carbocycles. The highest BCUT2D eigenvalue weighted by molar-refractivity contribution is 5.25. The Morgan fingerprint density at radius 2 is 2.00 bits per heavy atom. The number of rotatable bonds is 2. The van der Waals surface area contributed by atoms with Crippen LogP contribution in [0.4, 0.5) is 0 Å². The second kappa shape index (κ2) is 4.11. The quantitative estimate of drug-likeness (QED) is 0.745. The molecule has 1 aliphatic heterocycles. The molecular weight excluding hydrogens is 174 g/mol. The fourth-order valence-electron chi connectivity index (χ4n) is 2.20. The molecular formula is C12H17NO. The van der Waals surface area contributed by atoms with Crippen LogP contribution in [0.3, 0.4) is 0 Å². The molecule has 0 aliphatic carbocycles. The lowest BCUT2D eigenvalue weighted by atomic mass is 9.83. The highest BCUT2D eigenvalue weighted by Gasteiger charge is 2.32. The second-order valence-corrected chi connectivity index (χ2v) is 3.99. The van der Waals surface area contributed by atoms with Crippen molar-refractivity contribution >= 4 is 0 Å². The summed E-state index contributed by atoms with van der Waals surface area (Å²) in [6.07, 6.45) is 3.45. The third-order valence-corrected chi connectivity index (χ3v) is 3.09. The summed E-state index contributed by atoms with van der Waals surface area (Å²) >= 11 is 0. The molecule has 0 radical (unpaired) electrons. The van der Waals surface area contributed by atoms with Crippen LogP contribution < -0.4 is 5.32 Å². The van der Waals surface area contributed by atoms with Crippen LogP contribution >= 0.6 is 0 Å². The molecule has 2 N–H and O–H groups in total. The summed E-state index contributed by atoms with van der Waals surface area (Å²) in [7, 11) is 0. The van der Waals surface area contributed by atoms with Crippen molar-refractivity contribution in [2.24, 2.45) is 0 Å². The summed E-state index contributed by atoms with van der Waals surface area (Å²) < 4.78 is 0. The topological polar surface area (TPSA) is 32.3 Å². The van der Waals surface area contributed by atoms with Gasteiger partial charge in [0, 0.05) is 0 Å². The van der Waals surface area contributed by atoms with Crippen LogP contribution in [0.1, 0.15) is 24.8 Å². The first-order valence-corrected chi connectivity index (χ1v) is 5.29. The van der Waals surface area contributed by atoms with Crippen molar-refractivity contribution < 1.29 is 5.11 Å². The van der Waals surface area contributed by atoms with Crippen molar-refractivity contribution in [2.45, 2.75) is 24.8 Å². The van der Waals surface area contributed by atoms with Gasteiger partial charge in [-0.2, -0.15) is 0 Å². The smallest absolute Gasteiger partial charge is 0.0669 e. The van der Waals surface area contributed by atoms with Gasteiger partial charge < -0.3 is 10.4 Å². The molecule has 0 bridgehead atoms. The monoisotopic (exact) mass is 191 g/mol. The van der Waals surface area contributed by atoms with Gasteiger partial charge in [0.2, 0.25) is 0 Å². The SMILES string of the molecule is OC[C@]1(c2ccccc2)CCCCN1. The van der Waals surface area contributed by atoms with Crippen molar-refractivity contribution in [3.63, 3.8) is 0 Å². The van der Waals surface area contributed by atoms with E-state index in [1.807, 2.05) is 18.2 Å². The van der Waals surface area contributed by atoms with E-state index in [2.05, 4.69) is 17.4 Å². The van der Waals surface area contributed by atoms with Gasteiger partial charge >= 0.3 is 0 Å². The maximum Gasteiger partial charge on any atom is 0.0669 e. The van der Waals surface area contributed by atoms with Gasteiger partial charge in [-0.3, -0.25) is 0 Å². The van der Waals surface area contributed by atoms with E-state index >= 15 is 0 Å². The summed E-state index contributed by atoms with van der Waals surface area (Å²) in [5.74, 6) is 0. The number of nitrogens with one attached hydrogen (secondary N) is 1. The summed E-state index contributed by atoms with van der Waals surface area (Å²) in [6, 6.07) is 10.3. The largest absolute Gasteiger partial charge is 0.394 e. The van der Waals surface area contributed by atoms with E-state index in [1.54, 1.807) is 0 Å². The molecule has 1 aromatic rings. The molecule has 1 aliphatic rings. The first kappa shape index (κ1) is 9.69. The molecule has 1 heterocycles. The van der Waals surface area contributed by atoms with E-state index < -0.39 is 0 Å². The predicted octanol–water partition coefficient (Wildman–Crippen LogP) is 1.65. The van der Waals surface area contributed by atoms with Gasteiger partial charge in [0.1, 0.15) is 0 Å². The van der Waals surface area contributed by atoms with Crippen LogP contribution in [-0.4, -0.2) is 18.3 Å². The normalized spacial score (nSPS) is 27.5. The molecule has 0 spiro atoms. The number of hydrogen-bond acceptors (Lipinski definition) is 2. The number of benzene rings is 1. The molecule has 76 valence electrons.